The zero-order valence-electron chi connectivity index (χ0n) is 13.8. The number of benzene rings is 2. The average Bonchev–Trinajstić information content (AvgIpc) is 2.58. The molecule has 5 nitrogen and oxygen atoms in total. The third kappa shape index (κ3) is 5.43. The summed E-state index contributed by atoms with van der Waals surface area (Å²) in [6.07, 6.45) is 2.28. The van der Waals surface area contributed by atoms with Crippen LogP contribution in [-0.2, 0) is 11.2 Å². The Morgan fingerprint density at radius 2 is 1.67 bits per heavy atom. The van der Waals surface area contributed by atoms with Crippen LogP contribution in [0.1, 0.15) is 35.7 Å². The molecule has 0 unspecified atom stereocenters. The summed E-state index contributed by atoms with van der Waals surface area (Å²) < 4.78 is 0. The van der Waals surface area contributed by atoms with Gasteiger partial charge in [-0.25, -0.2) is 0 Å². The van der Waals surface area contributed by atoms with Crippen molar-refractivity contribution in [3.63, 3.8) is 0 Å². The summed E-state index contributed by atoms with van der Waals surface area (Å²) in [4.78, 5) is 24.0. The van der Waals surface area contributed by atoms with Crippen molar-refractivity contribution in [2.45, 2.75) is 26.2 Å². The van der Waals surface area contributed by atoms with Crippen LogP contribution in [0.5, 0.6) is 0 Å². The van der Waals surface area contributed by atoms with E-state index >= 15 is 0 Å². The topological polar surface area (TPSA) is 84.2 Å². The summed E-state index contributed by atoms with van der Waals surface area (Å²) in [6, 6.07) is 14.1. The van der Waals surface area contributed by atoms with Gasteiger partial charge >= 0.3 is 0 Å². The van der Waals surface area contributed by atoms with E-state index in [1.54, 1.807) is 36.4 Å². The third-order valence-electron chi connectivity index (χ3n) is 3.59. The first-order chi connectivity index (χ1) is 11.6. The molecule has 126 valence electrons. The van der Waals surface area contributed by atoms with Crippen molar-refractivity contribution in [1.82, 2.24) is 5.32 Å². The second kappa shape index (κ2) is 8.72. The van der Waals surface area contributed by atoms with Crippen LogP contribution in [0.2, 0.25) is 0 Å². The predicted octanol–water partition coefficient (Wildman–Crippen LogP) is 2.98. The maximum absolute atomic E-state index is 12.0. The van der Waals surface area contributed by atoms with Crippen LogP contribution in [0.4, 0.5) is 11.4 Å². The van der Waals surface area contributed by atoms with Crippen LogP contribution in [0, 0.1) is 0 Å². The van der Waals surface area contributed by atoms with Gasteiger partial charge in [-0.15, -0.1) is 0 Å². The van der Waals surface area contributed by atoms with Crippen LogP contribution < -0.4 is 16.4 Å². The molecule has 0 radical (unpaired) electrons. The van der Waals surface area contributed by atoms with Crippen molar-refractivity contribution in [1.29, 1.82) is 0 Å². The quantitative estimate of drug-likeness (QED) is 0.540. The maximum atomic E-state index is 12.0. The fraction of sp³-hybridized carbons (Fsp3) is 0.263. The van der Waals surface area contributed by atoms with Gasteiger partial charge in [0.05, 0.1) is 6.42 Å². The Morgan fingerprint density at radius 3 is 2.29 bits per heavy atom. The zero-order valence-corrected chi connectivity index (χ0v) is 13.8. The summed E-state index contributed by atoms with van der Waals surface area (Å²) in [6.45, 7) is 2.75. The first-order valence-electron chi connectivity index (χ1n) is 8.11. The number of nitrogens with one attached hydrogen (secondary N) is 2. The number of carbonyl (C=O) groups is 2. The van der Waals surface area contributed by atoms with Crippen molar-refractivity contribution < 1.29 is 9.59 Å². The van der Waals surface area contributed by atoms with Gasteiger partial charge in [0, 0.05) is 23.5 Å². The highest BCUT2D eigenvalue weighted by atomic mass is 16.2. The molecule has 0 bridgehead atoms. The van der Waals surface area contributed by atoms with Gasteiger partial charge in [-0.3, -0.25) is 9.59 Å². The fourth-order valence-electron chi connectivity index (χ4n) is 2.21. The highest BCUT2D eigenvalue weighted by Gasteiger charge is 2.07. The number of nitrogens with two attached hydrogens (primary N) is 1. The lowest BCUT2D eigenvalue weighted by molar-refractivity contribution is -0.115. The summed E-state index contributed by atoms with van der Waals surface area (Å²) in [5, 5.41) is 5.68. The van der Waals surface area contributed by atoms with Gasteiger partial charge in [-0.2, -0.15) is 0 Å². The highest BCUT2D eigenvalue weighted by Crippen LogP contribution is 2.11. The average molecular weight is 325 g/mol. The number of amides is 2. The van der Waals surface area contributed by atoms with Gasteiger partial charge in [-0.05, 0) is 48.4 Å². The highest BCUT2D eigenvalue weighted by molar-refractivity contribution is 5.96. The normalized spacial score (nSPS) is 10.2. The minimum absolute atomic E-state index is 0.0943. The van der Waals surface area contributed by atoms with Crippen molar-refractivity contribution in [2.75, 3.05) is 17.6 Å². The summed E-state index contributed by atoms with van der Waals surface area (Å²) >= 11 is 0. The molecule has 2 rings (SSSR count). The number of hydrogen-bond acceptors (Lipinski definition) is 3. The molecule has 0 saturated heterocycles. The summed E-state index contributed by atoms with van der Waals surface area (Å²) in [5.74, 6) is -0.205. The minimum Gasteiger partial charge on any atom is -0.399 e. The van der Waals surface area contributed by atoms with Gasteiger partial charge in [0.15, 0.2) is 0 Å². The predicted molar refractivity (Wildman–Crippen MR) is 96.9 cm³/mol. The number of hydrogen-bond donors (Lipinski definition) is 3. The standard InChI is InChI=1S/C19H23N3O2/c1-2-3-12-21-19(24)15-6-10-17(11-7-15)22-18(23)13-14-4-8-16(20)9-5-14/h4-11H,2-3,12-13,20H2,1H3,(H,21,24)(H,22,23). The first-order valence-corrected chi connectivity index (χ1v) is 8.11. The molecular formula is C19H23N3O2. The molecule has 2 aromatic rings. The molecule has 0 aliphatic rings. The van der Waals surface area contributed by atoms with E-state index in [1.807, 2.05) is 12.1 Å². The Bertz CT molecular complexity index is 679. The molecule has 0 heterocycles. The Balaban J connectivity index is 1.87. The van der Waals surface area contributed by atoms with E-state index < -0.39 is 0 Å². The van der Waals surface area contributed by atoms with E-state index in [0.717, 1.165) is 18.4 Å². The number of unbranched alkanes of at least 4 members (excludes halogenated alkanes) is 1. The fourth-order valence-corrected chi connectivity index (χ4v) is 2.21. The van der Waals surface area contributed by atoms with E-state index in [9.17, 15) is 9.59 Å². The van der Waals surface area contributed by atoms with Gasteiger partial charge in [0.2, 0.25) is 5.91 Å². The molecule has 2 amide bonds. The molecule has 0 atom stereocenters. The van der Waals surface area contributed by atoms with Crippen molar-refractivity contribution >= 4 is 23.2 Å². The maximum Gasteiger partial charge on any atom is 0.251 e. The van der Waals surface area contributed by atoms with Crippen molar-refractivity contribution in [2.24, 2.45) is 0 Å². The van der Waals surface area contributed by atoms with Gasteiger partial charge in [-0.1, -0.05) is 25.5 Å². The minimum atomic E-state index is -0.111. The van der Waals surface area contributed by atoms with Crippen LogP contribution in [0.3, 0.4) is 0 Å². The van der Waals surface area contributed by atoms with E-state index in [1.165, 1.54) is 0 Å². The van der Waals surface area contributed by atoms with Gasteiger partial charge in [0.25, 0.3) is 5.91 Å². The summed E-state index contributed by atoms with van der Waals surface area (Å²) in [7, 11) is 0. The Morgan fingerprint density at radius 1 is 1.00 bits per heavy atom. The van der Waals surface area contributed by atoms with E-state index in [4.69, 9.17) is 5.73 Å². The smallest absolute Gasteiger partial charge is 0.251 e. The van der Waals surface area contributed by atoms with Crippen LogP contribution in [0.25, 0.3) is 0 Å². The molecule has 0 spiro atoms. The Kier molecular flexibility index (Phi) is 6.37. The first kappa shape index (κ1) is 17.5. The molecule has 0 aliphatic heterocycles. The van der Waals surface area contributed by atoms with Crippen molar-refractivity contribution in [3.8, 4) is 0 Å². The largest absolute Gasteiger partial charge is 0.399 e. The van der Waals surface area contributed by atoms with E-state index in [2.05, 4.69) is 17.6 Å². The second-order valence-electron chi connectivity index (χ2n) is 5.65. The monoisotopic (exact) mass is 325 g/mol. The molecule has 5 heteroatoms. The number of anilines is 2. The van der Waals surface area contributed by atoms with Crippen molar-refractivity contribution in [3.05, 3.63) is 59.7 Å². The lowest BCUT2D eigenvalue weighted by Crippen LogP contribution is -2.24. The summed E-state index contributed by atoms with van der Waals surface area (Å²) in [5.41, 5.74) is 8.45. The van der Waals surface area contributed by atoms with Crippen LogP contribution >= 0.6 is 0 Å². The molecular weight excluding hydrogens is 302 g/mol. The molecule has 0 fully saturated rings. The Labute approximate surface area is 142 Å². The van der Waals surface area contributed by atoms with Gasteiger partial charge in [0.1, 0.15) is 0 Å². The van der Waals surface area contributed by atoms with E-state index in [0.29, 0.717) is 23.5 Å². The molecule has 24 heavy (non-hydrogen) atoms. The number of carbonyl (C=O) groups excluding carboxylic acids is 2. The number of nitrogen functional groups attached to an aromatic ring is 1. The van der Waals surface area contributed by atoms with Gasteiger partial charge < -0.3 is 16.4 Å². The number of rotatable bonds is 7. The lowest BCUT2D eigenvalue weighted by atomic mass is 10.1. The molecule has 4 N–H and O–H groups in total. The zero-order chi connectivity index (χ0) is 17.4. The molecule has 0 aliphatic carbocycles. The molecule has 0 saturated carbocycles. The molecule has 0 aromatic heterocycles. The van der Waals surface area contributed by atoms with E-state index in [-0.39, 0.29) is 18.2 Å². The van der Waals surface area contributed by atoms with Crippen LogP contribution in [0.15, 0.2) is 48.5 Å². The second-order valence-corrected chi connectivity index (χ2v) is 5.65. The van der Waals surface area contributed by atoms with Crippen LogP contribution in [-0.4, -0.2) is 18.4 Å². The lowest BCUT2D eigenvalue weighted by Gasteiger charge is -2.08. The SMILES string of the molecule is CCCCNC(=O)c1ccc(NC(=O)Cc2ccc(N)cc2)cc1. The Hall–Kier alpha value is -2.82. The molecule has 2 aromatic carbocycles. The third-order valence-corrected chi connectivity index (χ3v) is 3.59.